The predicted octanol–water partition coefficient (Wildman–Crippen LogP) is 3.44. The van der Waals surface area contributed by atoms with Crippen molar-refractivity contribution in [2.75, 3.05) is 11.9 Å². The van der Waals surface area contributed by atoms with Gasteiger partial charge in [-0.2, -0.15) is 5.10 Å². The summed E-state index contributed by atoms with van der Waals surface area (Å²) < 4.78 is 0. The lowest BCUT2D eigenvalue weighted by molar-refractivity contribution is 0.897. The molecule has 0 saturated carbocycles. The maximum Gasteiger partial charge on any atom is 0.152 e. The molecule has 24 heavy (non-hydrogen) atoms. The van der Waals surface area contributed by atoms with Gasteiger partial charge >= 0.3 is 0 Å². The summed E-state index contributed by atoms with van der Waals surface area (Å²) >= 11 is 1.64. The number of aryl methyl sites for hydroxylation is 1. The van der Waals surface area contributed by atoms with Crippen LogP contribution in [-0.4, -0.2) is 31.7 Å². The van der Waals surface area contributed by atoms with Crippen molar-refractivity contribution < 1.29 is 0 Å². The maximum atomic E-state index is 4.44. The highest BCUT2D eigenvalue weighted by atomic mass is 32.1. The third-order valence-electron chi connectivity index (χ3n) is 3.74. The minimum absolute atomic E-state index is 0.716. The van der Waals surface area contributed by atoms with Gasteiger partial charge in [-0.3, -0.25) is 5.10 Å². The van der Waals surface area contributed by atoms with Gasteiger partial charge < -0.3 is 5.32 Å². The molecule has 6 nitrogen and oxygen atoms in total. The molecule has 3 aromatic heterocycles. The Labute approximate surface area is 143 Å². The van der Waals surface area contributed by atoms with Gasteiger partial charge in [0, 0.05) is 23.9 Å². The van der Waals surface area contributed by atoms with Gasteiger partial charge in [-0.1, -0.05) is 30.3 Å². The molecule has 0 saturated heterocycles. The van der Waals surface area contributed by atoms with Crippen LogP contribution < -0.4 is 5.32 Å². The predicted molar refractivity (Wildman–Crippen MR) is 96.2 cm³/mol. The average Bonchev–Trinajstić information content (AvgIpc) is 3.22. The van der Waals surface area contributed by atoms with Gasteiger partial charge in [-0.05, 0) is 12.5 Å². The molecule has 0 unspecified atom stereocenters. The number of thiophene rings is 1. The van der Waals surface area contributed by atoms with Gasteiger partial charge in [0.05, 0.1) is 5.39 Å². The van der Waals surface area contributed by atoms with Crippen molar-refractivity contribution in [1.82, 2.24) is 25.1 Å². The van der Waals surface area contributed by atoms with E-state index in [0.29, 0.717) is 6.54 Å². The monoisotopic (exact) mass is 336 g/mol. The summed E-state index contributed by atoms with van der Waals surface area (Å²) in [6.45, 7) is 2.61. The number of fused-ring (bicyclic) bond motifs is 1. The molecule has 0 spiro atoms. The van der Waals surface area contributed by atoms with Gasteiger partial charge in [0.25, 0.3) is 0 Å². The Morgan fingerprint density at radius 3 is 2.83 bits per heavy atom. The van der Waals surface area contributed by atoms with Gasteiger partial charge in [0.1, 0.15) is 22.8 Å². The van der Waals surface area contributed by atoms with Crippen LogP contribution in [0.4, 0.5) is 5.82 Å². The van der Waals surface area contributed by atoms with Crippen LogP contribution in [0.2, 0.25) is 0 Å². The molecule has 1 aromatic carbocycles. The molecule has 0 radical (unpaired) electrons. The Bertz CT molecular complexity index is 960. The van der Waals surface area contributed by atoms with Crippen LogP contribution in [0.25, 0.3) is 21.3 Å². The Kier molecular flexibility index (Phi) is 3.92. The van der Waals surface area contributed by atoms with Crippen molar-refractivity contribution in [2.45, 2.75) is 13.3 Å². The molecule has 0 atom stereocenters. The van der Waals surface area contributed by atoms with Crippen molar-refractivity contribution in [3.8, 4) is 11.1 Å². The van der Waals surface area contributed by atoms with E-state index >= 15 is 0 Å². The summed E-state index contributed by atoms with van der Waals surface area (Å²) in [5.41, 5.74) is 2.33. The van der Waals surface area contributed by atoms with Crippen LogP contribution in [0.1, 0.15) is 11.6 Å². The van der Waals surface area contributed by atoms with Gasteiger partial charge in [-0.25, -0.2) is 15.0 Å². The summed E-state index contributed by atoms with van der Waals surface area (Å²) in [5.74, 6) is 2.49. The highest BCUT2D eigenvalue weighted by Crippen LogP contribution is 2.36. The zero-order chi connectivity index (χ0) is 16.4. The molecule has 120 valence electrons. The number of aromatic nitrogens is 5. The summed E-state index contributed by atoms with van der Waals surface area (Å²) in [5, 5.41) is 13.6. The first kappa shape index (κ1) is 14.8. The Morgan fingerprint density at radius 1 is 1.17 bits per heavy atom. The zero-order valence-corrected chi connectivity index (χ0v) is 14.0. The first-order valence-corrected chi connectivity index (χ1v) is 8.58. The van der Waals surface area contributed by atoms with E-state index in [2.05, 4.69) is 48.0 Å². The molecule has 4 rings (SSSR count). The third-order valence-corrected chi connectivity index (χ3v) is 4.63. The molecule has 0 aliphatic heterocycles. The van der Waals surface area contributed by atoms with Crippen LogP contribution in [0, 0.1) is 6.92 Å². The number of aromatic amines is 1. The number of hydrogen-bond donors (Lipinski definition) is 2. The third kappa shape index (κ3) is 2.85. The maximum absolute atomic E-state index is 4.44. The fourth-order valence-electron chi connectivity index (χ4n) is 2.63. The topological polar surface area (TPSA) is 79.4 Å². The molecule has 7 heteroatoms. The molecular formula is C17H16N6S. The first-order valence-electron chi connectivity index (χ1n) is 7.70. The molecule has 0 amide bonds. The van der Waals surface area contributed by atoms with E-state index in [9.17, 15) is 0 Å². The highest BCUT2D eigenvalue weighted by molar-refractivity contribution is 7.17. The number of nitrogens with zero attached hydrogens (tertiary/aromatic N) is 4. The average molecular weight is 336 g/mol. The number of benzene rings is 1. The number of rotatable bonds is 5. The second-order valence-corrected chi connectivity index (χ2v) is 6.29. The van der Waals surface area contributed by atoms with Gasteiger partial charge in [0.15, 0.2) is 5.82 Å². The molecule has 3 heterocycles. The van der Waals surface area contributed by atoms with E-state index in [0.717, 1.165) is 39.7 Å². The molecule has 0 aliphatic rings. The van der Waals surface area contributed by atoms with Crippen LogP contribution in [0.3, 0.4) is 0 Å². The number of hydrogen-bond acceptors (Lipinski definition) is 6. The van der Waals surface area contributed by atoms with Gasteiger partial charge in [0.2, 0.25) is 0 Å². The summed E-state index contributed by atoms with van der Waals surface area (Å²) in [6, 6.07) is 10.3. The Balaban J connectivity index is 1.62. The van der Waals surface area contributed by atoms with E-state index in [1.165, 1.54) is 5.56 Å². The smallest absolute Gasteiger partial charge is 0.152 e. The molecule has 0 aliphatic carbocycles. The number of anilines is 1. The molecule has 0 bridgehead atoms. The van der Waals surface area contributed by atoms with E-state index in [4.69, 9.17) is 0 Å². The zero-order valence-electron chi connectivity index (χ0n) is 13.2. The van der Waals surface area contributed by atoms with Crippen LogP contribution in [-0.2, 0) is 6.42 Å². The number of nitrogens with one attached hydrogen (secondary N) is 2. The fraction of sp³-hybridized carbons (Fsp3) is 0.176. The van der Waals surface area contributed by atoms with Gasteiger partial charge in [-0.15, -0.1) is 11.3 Å². The fourth-order valence-corrected chi connectivity index (χ4v) is 3.55. The molecule has 0 fully saturated rings. The minimum Gasteiger partial charge on any atom is -0.369 e. The van der Waals surface area contributed by atoms with Crippen LogP contribution >= 0.6 is 11.3 Å². The van der Waals surface area contributed by atoms with Crippen molar-refractivity contribution in [2.24, 2.45) is 0 Å². The highest BCUT2D eigenvalue weighted by Gasteiger charge is 2.12. The first-order chi connectivity index (χ1) is 11.8. The number of H-pyrrole nitrogens is 1. The normalized spacial score (nSPS) is 11.0. The molecule has 2 N–H and O–H groups in total. The molecular weight excluding hydrogens is 320 g/mol. The second-order valence-electron chi connectivity index (χ2n) is 5.43. The minimum atomic E-state index is 0.716. The lowest BCUT2D eigenvalue weighted by atomic mass is 10.1. The Morgan fingerprint density at radius 2 is 2.04 bits per heavy atom. The van der Waals surface area contributed by atoms with Crippen molar-refractivity contribution in [1.29, 1.82) is 0 Å². The van der Waals surface area contributed by atoms with Crippen molar-refractivity contribution >= 4 is 27.4 Å². The summed E-state index contributed by atoms with van der Waals surface area (Å²) in [4.78, 5) is 14.1. The van der Waals surface area contributed by atoms with Crippen LogP contribution in [0.5, 0.6) is 0 Å². The molecule has 4 aromatic rings. The lowest BCUT2D eigenvalue weighted by Crippen LogP contribution is -2.08. The summed E-state index contributed by atoms with van der Waals surface area (Å²) in [6.07, 6.45) is 2.34. The quantitative estimate of drug-likeness (QED) is 0.583. The Hall–Kier alpha value is -2.80. The van der Waals surface area contributed by atoms with E-state index < -0.39 is 0 Å². The summed E-state index contributed by atoms with van der Waals surface area (Å²) in [7, 11) is 0. The van der Waals surface area contributed by atoms with E-state index in [-0.39, 0.29) is 0 Å². The largest absolute Gasteiger partial charge is 0.369 e. The lowest BCUT2D eigenvalue weighted by Gasteiger charge is -2.07. The van der Waals surface area contributed by atoms with E-state index in [1.807, 2.05) is 25.1 Å². The van der Waals surface area contributed by atoms with Crippen molar-refractivity contribution in [3.63, 3.8) is 0 Å². The van der Waals surface area contributed by atoms with E-state index in [1.54, 1.807) is 17.7 Å². The standard InChI is InChI=1S/C17H16N6S/c1-11-21-14(23-22-11)7-8-18-16-15-13(12-5-3-2-4-6-12)9-24-17(15)20-10-19-16/h2-6,9-10H,7-8H2,1H3,(H,18,19,20)(H,21,22,23). The second kappa shape index (κ2) is 6.37. The van der Waals surface area contributed by atoms with Crippen molar-refractivity contribution in [3.05, 3.63) is 53.7 Å². The van der Waals surface area contributed by atoms with Crippen LogP contribution in [0.15, 0.2) is 42.0 Å². The SMILES string of the molecule is Cc1nc(CCNc2ncnc3scc(-c4ccccc4)c23)n[nH]1.